The van der Waals surface area contributed by atoms with Gasteiger partial charge in [-0.25, -0.2) is 0 Å². The Balaban J connectivity index is 2.37. The number of hydrogen-bond acceptors (Lipinski definition) is 3. The van der Waals surface area contributed by atoms with E-state index in [2.05, 4.69) is 21.0 Å². The maximum Gasteiger partial charge on any atom is 0.121 e. The van der Waals surface area contributed by atoms with Crippen molar-refractivity contribution in [1.82, 2.24) is 9.78 Å². The van der Waals surface area contributed by atoms with Crippen LogP contribution in [0.25, 0.3) is 10.9 Å². The van der Waals surface area contributed by atoms with E-state index in [1.807, 2.05) is 30.8 Å². The Morgan fingerprint density at radius 2 is 2.12 bits per heavy atom. The Bertz CT molecular complexity index is 537. The first-order chi connectivity index (χ1) is 8.13. The van der Waals surface area contributed by atoms with Crippen molar-refractivity contribution in [3.05, 3.63) is 22.3 Å². The molecule has 1 heterocycles. The van der Waals surface area contributed by atoms with Gasteiger partial charge in [-0.3, -0.25) is 4.68 Å². The van der Waals surface area contributed by atoms with E-state index in [0.717, 1.165) is 26.8 Å². The molecule has 0 radical (unpaired) electrons. The molecule has 0 saturated heterocycles. The lowest BCUT2D eigenvalue weighted by atomic mass is 10.2. The highest BCUT2D eigenvalue weighted by atomic mass is 79.9. The van der Waals surface area contributed by atoms with Crippen LogP contribution in [0, 0.1) is 6.92 Å². The van der Waals surface area contributed by atoms with Gasteiger partial charge in [-0.05, 0) is 35.0 Å². The number of halogens is 1. The normalized spacial score (nSPS) is 11.1. The van der Waals surface area contributed by atoms with Crippen LogP contribution in [0.15, 0.2) is 16.6 Å². The molecule has 4 nitrogen and oxygen atoms in total. The molecule has 0 fully saturated rings. The zero-order valence-corrected chi connectivity index (χ0v) is 11.7. The van der Waals surface area contributed by atoms with Gasteiger partial charge in [-0.1, -0.05) is 0 Å². The zero-order valence-electron chi connectivity index (χ0n) is 10.2. The molecule has 17 heavy (non-hydrogen) atoms. The van der Waals surface area contributed by atoms with Crippen molar-refractivity contribution in [1.29, 1.82) is 0 Å². The zero-order chi connectivity index (χ0) is 12.4. The summed E-state index contributed by atoms with van der Waals surface area (Å²) in [6.45, 7) is 3.13. The third kappa shape index (κ3) is 2.45. The van der Waals surface area contributed by atoms with Gasteiger partial charge >= 0.3 is 0 Å². The summed E-state index contributed by atoms with van der Waals surface area (Å²) in [5, 5.41) is 5.50. The molecule has 0 unspecified atom stereocenters. The fourth-order valence-corrected chi connectivity index (χ4v) is 2.53. The first-order valence-corrected chi connectivity index (χ1v) is 6.17. The van der Waals surface area contributed by atoms with Crippen LogP contribution >= 0.6 is 15.9 Å². The molecule has 0 bridgehead atoms. The van der Waals surface area contributed by atoms with Crippen molar-refractivity contribution < 1.29 is 9.47 Å². The van der Waals surface area contributed by atoms with Crippen LogP contribution in [0.4, 0.5) is 0 Å². The minimum absolute atomic E-state index is 0.549. The standard InChI is InChI=1S/C12H15BrN2O2/c1-8-10-6-9(17-5-4-16-3)7-11(13)12(10)15(2)14-8/h6-7H,4-5H2,1-3H3. The smallest absolute Gasteiger partial charge is 0.121 e. The number of aryl methyl sites for hydroxylation is 2. The summed E-state index contributed by atoms with van der Waals surface area (Å²) in [4.78, 5) is 0. The van der Waals surface area contributed by atoms with Crippen LogP contribution in [0.2, 0.25) is 0 Å². The number of methoxy groups -OCH3 is 1. The topological polar surface area (TPSA) is 36.3 Å². The maximum atomic E-state index is 5.61. The van der Waals surface area contributed by atoms with Gasteiger partial charge in [0.2, 0.25) is 0 Å². The van der Waals surface area contributed by atoms with E-state index in [0.29, 0.717) is 13.2 Å². The molecule has 0 N–H and O–H groups in total. The molecule has 0 saturated carbocycles. The van der Waals surface area contributed by atoms with Crippen LogP contribution < -0.4 is 4.74 Å². The van der Waals surface area contributed by atoms with Crippen LogP contribution in [0.5, 0.6) is 5.75 Å². The van der Waals surface area contributed by atoms with Gasteiger partial charge in [0.05, 0.1) is 17.8 Å². The number of nitrogens with zero attached hydrogens (tertiary/aromatic N) is 2. The van der Waals surface area contributed by atoms with Crippen molar-refractivity contribution in [2.45, 2.75) is 6.92 Å². The van der Waals surface area contributed by atoms with Gasteiger partial charge < -0.3 is 9.47 Å². The van der Waals surface area contributed by atoms with Crippen molar-refractivity contribution >= 4 is 26.8 Å². The number of ether oxygens (including phenoxy) is 2. The second-order valence-electron chi connectivity index (χ2n) is 3.85. The third-order valence-corrected chi connectivity index (χ3v) is 3.21. The summed E-state index contributed by atoms with van der Waals surface area (Å²) in [7, 11) is 3.60. The van der Waals surface area contributed by atoms with Gasteiger partial charge in [-0.15, -0.1) is 0 Å². The van der Waals surface area contributed by atoms with E-state index in [4.69, 9.17) is 9.47 Å². The molecule has 0 atom stereocenters. The molecule has 1 aromatic heterocycles. The van der Waals surface area contributed by atoms with Gasteiger partial charge in [0.1, 0.15) is 12.4 Å². The van der Waals surface area contributed by atoms with Crippen molar-refractivity contribution in [3.8, 4) is 5.75 Å². The Morgan fingerprint density at radius 1 is 1.35 bits per heavy atom. The average molecular weight is 299 g/mol. The number of benzene rings is 1. The average Bonchev–Trinajstić information content (AvgIpc) is 2.55. The first kappa shape index (κ1) is 12.4. The van der Waals surface area contributed by atoms with Crippen molar-refractivity contribution in [2.75, 3.05) is 20.3 Å². The van der Waals surface area contributed by atoms with E-state index in [1.165, 1.54) is 0 Å². The van der Waals surface area contributed by atoms with Gasteiger partial charge in [0, 0.05) is 24.0 Å². The van der Waals surface area contributed by atoms with Gasteiger partial charge in [-0.2, -0.15) is 5.10 Å². The Kier molecular flexibility index (Phi) is 3.69. The molecule has 1 aromatic carbocycles. The first-order valence-electron chi connectivity index (χ1n) is 5.38. The predicted molar refractivity (Wildman–Crippen MR) is 70.5 cm³/mol. The highest BCUT2D eigenvalue weighted by Gasteiger charge is 2.10. The summed E-state index contributed by atoms with van der Waals surface area (Å²) < 4.78 is 13.4. The molecule has 2 aromatic rings. The minimum Gasteiger partial charge on any atom is -0.491 e. The predicted octanol–water partition coefficient (Wildman–Crippen LogP) is 2.67. The van der Waals surface area contributed by atoms with Gasteiger partial charge in [0.15, 0.2) is 0 Å². The second kappa shape index (κ2) is 5.06. The second-order valence-corrected chi connectivity index (χ2v) is 4.71. The van der Waals surface area contributed by atoms with Crippen LogP contribution in [-0.2, 0) is 11.8 Å². The van der Waals surface area contributed by atoms with Crippen LogP contribution in [0.1, 0.15) is 5.69 Å². The highest BCUT2D eigenvalue weighted by molar-refractivity contribution is 9.10. The molecule has 0 spiro atoms. The van der Waals surface area contributed by atoms with Crippen molar-refractivity contribution in [2.24, 2.45) is 7.05 Å². The molecular weight excluding hydrogens is 284 g/mol. The highest BCUT2D eigenvalue weighted by Crippen LogP contribution is 2.30. The quantitative estimate of drug-likeness (QED) is 0.814. The fourth-order valence-electron chi connectivity index (χ4n) is 1.83. The molecule has 5 heteroatoms. The minimum atomic E-state index is 0.549. The molecule has 0 aliphatic heterocycles. The Labute approximate surface area is 109 Å². The number of rotatable bonds is 4. The molecule has 0 aliphatic carbocycles. The lowest BCUT2D eigenvalue weighted by molar-refractivity contribution is 0.146. The lowest BCUT2D eigenvalue weighted by Gasteiger charge is -2.07. The van der Waals surface area contributed by atoms with E-state index in [-0.39, 0.29) is 0 Å². The van der Waals surface area contributed by atoms with E-state index in [1.54, 1.807) is 7.11 Å². The molecule has 0 amide bonds. The largest absolute Gasteiger partial charge is 0.491 e. The molecular formula is C12H15BrN2O2. The molecule has 2 rings (SSSR count). The number of fused-ring (bicyclic) bond motifs is 1. The van der Waals surface area contributed by atoms with Gasteiger partial charge in [0.25, 0.3) is 0 Å². The van der Waals surface area contributed by atoms with Crippen LogP contribution in [-0.4, -0.2) is 30.1 Å². The third-order valence-electron chi connectivity index (χ3n) is 2.61. The summed E-state index contributed by atoms with van der Waals surface area (Å²) in [6.07, 6.45) is 0. The monoisotopic (exact) mass is 298 g/mol. The summed E-state index contributed by atoms with van der Waals surface area (Å²) >= 11 is 3.55. The van der Waals surface area contributed by atoms with E-state index >= 15 is 0 Å². The molecule has 0 aliphatic rings. The number of aromatic nitrogens is 2. The van der Waals surface area contributed by atoms with E-state index in [9.17, 15) is 0 Å². The van der Waals surface area contributed by atoms with Crippen LogP contribution in [0.3, 0.4) is 0 Å². The Morgan fingerprint density at radius 3 is 2.82 bits per heavy atom. The lowest BCUT2D eigenvalue weighted by Crippen LogP contribution is -2.04. The fraction of sp³-hybridized carbons (Fsp3) is 0.417. The summed E-state index contributed by atoms with van der Waals surface area (Å²) in [5.74, 6) is 0.831. The summed E-state index contributed by atoms with van der Waals surface area (Å²) in [6, 6.07) is 3.97. The maximum absolute atomic E-state index is 5.61. The number of hydrogen-bond donors (Lipinski definition) is 0. The van der Waals surface area contributed by atoms with E-state index < -0.39 is 0 Å². The van der Waals surface area contributed by atoms with Crippen molar-refractivity contribution in [3.63, 3.8) is 0 Å². The molecule has 92 valence electrons. The Hall–Kier alpha value is -1.07. The summed E-state index contributed by atoms with van der Waals surface area (Å²) in [5.41, 5.74) is 2.09. The SMILES string of the molecule is COCCOc1cc(Br)c2c(c1)c(C)nn2C.